The Kier molecular flexibility index (Phi) is 4.26. The third-order valence-corrected chi connectivity index (χ3v) is 5.31. The molecule has 3 aromatic carbocycles. The van der Waals surface area contributed by atoms with Crippen molar-refractivity contribution in [3.05, 3.63) is 94.1 Å². The molecule has 0 spiro atoms. The fraction of sp³-hybridized carbons (Fsp3) is 0. The van der Waals surface area contributed by atoms with E-state index in [-0.39, 0.29) is 5.91 Å². The maximum absolute atomic E-state index is 12.3. The minimum Gasteiger partial charge on any atom is -0.321 e. The lowest BCUT2D eigenvalue weighted by Crippen LogP contribution is -2.03. The van der Waals surface area contributed by atoms with Gasteiger partial charge >= 0.3 is 0 Å². The lowest BCUT2D eigenvalue weighted by atomic mass is 10.0. The van der Waals surface area contributed by atoms with Crippen LogP contribution in [0.15, 0.2) is 66.7 Å². The number of anilines is 1. The van der Waals surface area contributed by atoms with Crippen molar-refractivity contribution in [2.75, 3.05) is 5.32 Å². The van der Waals surface area contributed by atoms with Gasteiger partial charge in [0.2, 0.25) is 0 Å². The van der Waals surface area contributed by atoms with E-state index in [9.17, 15) is 4.79 Å². The predicted molar refractivity (Wildman–Crippen MR) is 119 cm³/mol. The van der Waals surface area contributed by atoms with E-state index in [2.05, 4.69) is 15.5 Å². The predicted octanol–water partition coefficient (Wildman–Crippen LogP) is 5.88. The molecule has 1 aliphatic rings. The number of fused-ring (bicyclic) bond motifs is 2. The molecule has 0 aliphatic carbocycles. The largest absolute Gasteiger partial charge is 0.321 e. The Morgan fingerprint density at radius 3 is 2.66 bits per heavy atom. The van der Waals surface area contributed by atoms with Gasteiger partial charge in [0.1, 0.15) is 0 Å². The van der Waals surface area contributed by atoms with Crippen LogP contribution >= 0.6 is 11.6 Å². The van der Waals surface area contributed by atoms with Crippen molar-refractivity contribution in [2.45, 2.75) is 0 Å². The second-order valence-corrected chi connectivity index (χ2v) is 7.23. The molecule has 1 amide bonds. The second kappa shape index (κ2) is 7.08. The van der Waals surface area contributed by atoms with Crippen molar-refractivity contribution in [3.8, 4) is 0 Å². The summed E-state index contributed by atoms with van der Waals surface area (Å²) in [5, 5.41) is 12.1. The van der Waals surface area contributed by atoms with Gasteiger partial charge in [-0.05, 0) is 47.5 Å². The van der Waals surface area contributed by atoms with Crippen molar-refractivity contribution >= 4 is 57.9 Å². The molecule has 0 radical (unpaired) electrons. The number of halogens is 1. The molecular weight excluding hydrogens is 382 g/mol. The zero-order chi connectivity index (χ0) is 19.8. The molecule has 2 N–H and O–H groups in total. The van der Waals surface area contributed by atoms with Crippen molar-refractivity contribution in [2.24, 2.45) is 0 Å². The van der Waals surface area contributed by atoms with Gasteiger partial charge in [-0.3, -0.25) is 9.89 Å². The number of H-pyrrole nitrogens is 1. The van der Waals surface area contributed by atoms with Gasteiger partial charge < -0.3 is 5.32 Å². The van der Waals surface area contributed by atoms with Crippen LogP contribution in [0.1, 0.15) is 22.4 Å². The van der Waals surface area contributed by atoms with Gasteiger partial charge in [-0.15, -0.1) is 0 Å². The number of carbonyl (C=O) groups excluding carboxylic acids is 1. The van der Waals surface area contributed by atoms with E-state index < -0.39 is 0 Å². The topological polar surface area (TPSA) is 57.8 Å². The first-order valence-corrected chi connectivity index (χ1v) is 9.60. The molecule has 5 rings (SSSR count). The number of rotatable bonds is 3. The van der Waals surface area contributed by atoms with Gasteiger partial charge in [-0.25, -0.2) is 0 Å². The Labute approximate surface area is 172 Å². The Bertz CT molecular complexity index is 1320. The van der Waals surface area contributed by atoms with Gasteiger partial charge in [0.25, 0.3) is 5.91 Å². The molecule has 29 heavy (non-hydrogen) atoms. The fourth-order valence-electron chi connectivity index (χ4n) is 3.50. The zero-order valence-electron chi connectivity index (χ0n) is 15.3. The monoisotopic (exact) mass is 397 g/mol. The molecule has 5 heteroatoms. The Hall–Kier alpha value is -3.63. The number of aromatic nitrogens is 2. The number of benzene rings is 3. The summed E-state index contributed by atoms with van der Waals surface area (Å²) in [6.45, 7) is 0. The van der Waals surface area contributed by atoms with Crippen LogP contribution in [0.4, 0.5) is 5.69 Å². The van der Waals surface area contributed by atoms with E-state index in [1.165, 1.54) is 0 Å². The Balaban J connectivity index is 1.49. The van der Waals surface area contributed by atoms with E-state index in [4.69, 9.17) is 11.6 Å². The first-order valence-electron chi connectivity index (χ1n) is 9.22. The molecular formula is C24H16ClN3O. The molecule has 0 saturated heterocycles. The van der Waals surface area contributed by atoms with Crippen LogP contribution in [-0.4, -0.2) is 16.1 Å². The highest BCUT2D eigenvalue weighted by molar-refractivity contribution is 6.35. The van der Waals surface area contributed by atoms with Crippen molar-refractivity contribution < 1.29 is 4.79 Å². The normalized spacial score (nSPS) is 14.7. The number of aromatic amines is 1. The van der Waals surface area contributed by atoms with Crippen LogP contribution in [-0.2, 0) is 4.79 Å². The highest BCUT2D eigenvalue weighted by Crippen LogP contribution is 2.33. The third-order valence-electron chi connectivity index (χ3n) is 4.96. The summed E-state index contributed by atoms with van der Waals surface area (Å²) in [6, 6.07) is 21.4. The number of nitrogens with one attached hydrogen (secondary N) is 2. The summed E-state index contributed by atoms with van der Waals surface area (Å²) in [4.78, 5) is 12.3. The molecule has 0 bridgehead atoms. The number of nitrogens with zero attached hydrogens (tertiary/aromatic N) is 1. The molecule has 4 nitrogen and oxygen atoms in total. The first-order chi connectivity index (χ1) is 14.2. The van der Waals surface area contributed by atoms with E-state index in [0.29, 0.717) is 10.6 Å². The minimum absolute atomic E-state index is 0.0840. The summed E-state index contributed by atoms with van der Waals surface area (Å²) in [7, 11) is 0. The third kappa shape index (κ3) is 3.24. The van der Waals surface area contributed by atoms with Gasteiger partial charge in [0, 0.05) is 27.2 Å². The molecule has 1 aliphatic heterocycles. The van der Waals surface area contributed by atoms with E-state index in [0.717, 1.165) is 39.0 Å². The lowest BCUT2D eigenvalue weighted by Gasteiger charge is -1.99. The Morgan fingerprint density at radius 2 is 1.76 bits per heavy atom. The van der Waals surface area contributed by atoms with Crippen LogP contribution in [0.25, 0.3) is 34.7 Å². The van der Waals surface area contributed by atoms with E-state index in [1.807, 2.05) is 85.0 Å². The van der Waals surface area contributed by atoms with Crippen LogP contribution in [0, 0.1) is 0 Å². The molecule has 4 aromatic rings. The number of hydrogen-bond acceptors (Lipinski definition) is 2. The average molecular weight is 398 g/mol. The van der Waals surface area contributed by atoms with Gasteiger partial charge in [0.15, 0.2) is 0 Å². The van der Waals surface area contributed by atoms with E-state index >= 15 is 0 Å². The SMILES string of the molecule is O=C1Nc2ccccc2C1=Cc1ccc2c(C=Cc3ccccc3Cl)n[nH]c2c1. The van der Waals surface area contributed by atoms with Crippen LogP contribution in [0.5, 0.6) is 0 Å². The van der Waals surface area contributed by atoms with E-state index in [1.54, 1.807) is 0 Å². The van der Waals surface area contributed by atoms with Crippen LogP contribution < -0.4 is 5.32 Å². The van der Waals surface area contributed by atoms with Crippen molar-refractivity contribution in [3.63, 3.8) is 0 Å². The number of para-hydroxylation sites is 1. The standard InChI is InChI=1S/C24H16ClN3O/c25-20-7-3-1-5-16(20)10-12-22-18-11-9-15(14-23(18)28-27-22)13-19-17-6-2-4-8-21(17)26-24(19)29/h1-14H,(H,26,29)(H,27,28). The molecule has 0 fully saturated rings. The number of amides is 1. The van der Waals surface area contributed by atoms with Crippen molar-refractivity contribution in [1.29, 1.82) is 0 Å². The molecule has 0 saturated carbocycles. The summed E-state index contributed by atoms with van der Waals surface area (Å²) >= 11 is 6.21. The second-order valence-electron chi connectivity index (χ2n) is 6.83. The van der Waals surface area contributed by atoms with Gasteiger partial charge in [0.05, 0.1) is 11.2 Å². The van der Waals surface area contributed by atoms with Crippen LogP contribution in [0.2, 0.25) is 5.02 Å². The lowest BCUT2D eigenvalue weighted by molar-refractivity contribution is -0.110. The smallest absolute Gasteiger partial charge is 0.256 e. The average Bonchev–Trinajstić information content (AvgIpc) is 3.28. The summed E-state index contributed by atoms with van der Waals surface area (Å²) in [5.41, 5.74) is 6.05. The zero-order valence-corrected chi connectivity index (χ0v) is 16.1. The fourth-order valence-corrected chi connectivity index (χ4v) is 3.70. The van der Waals surface area contributed by atoms with Gasteiger partial charge in [-0.2, -0.15) is 5.10 Å². The molecule has 2 heterocycles. The summed E-state index contributed by atoms with van der Waals surface area (Å²) < 4.78 is 0. The maximum atomic E-state index is 12.3. The molecule has 0 atom stereocenters. The maximum Gasteiger partial charge on any atom is 0.256 e. The Morgan fingerprint density at radius 1 is 0.931 bits per heavy atom. The summed E-state index contributed by atoms with van der Waals surface area (Å²) in [6.07, 6.45) is 5.80. The number of hydrogen-bond donors (Lipinski definition) is 2. The molecule has 0 unspecified atom stereocenters. The highest BCUT2D eigenvalue weighted by atomic mass is 35.5. The molecule has 140 valence electrons. The minimum atomic E-state index is -0.0840. The number of carbonyl (C=O) groups is 1. The quantitative estimate of drug-likeness (QED) is 0.424. The van der Waals surface area contributed by atoms with Crippen molar-refractivity contribution in [1.82, 2.24) is 10.2 Å². The molecule has 1 aromatic heterocycles. The first kappa shape index (κ1) is 17.5. The van der Waals surface area contributed by atoms with Gasteiger partial charge in [-0.1, -0.05) is 60.1 Å². The highest BCUT2D eigenvalue weighted by Gasteiger charge is 2.23. The summed E-state index contributed by atoms with van der Waals surface area (Å²) in [5.74, 6) is -0.0840. The van der Waals surface area contributed by atoms with Crippen LogP contribution in [0.3, 0.4) is 0 Å².